The van der Waals surface area contributed by atoms with Crippen molar-refractivity contribution in [2.24, 2.45) is 0 Å². The van der Waals surface area contributed by atoms with Gasteiger partial charge in [0.15, 0.2) is 0 Å². The smallest absolute Gasteiger partial charge is 0.258 e. The minimum atomic E-state index is -0.291. The van der Waals surface area contributed by atoms with E-state index in [-0.39, 0.29) is 11.4 Å². The molecule has 0 amide bonds. The average molecular weight is 332 g/mol. The third kappa shape index (κ3) is 2.51. The van der Waals surface area contributed by atoms with Crippen LogP contribution >= 0.6 is 15.9 Å². The number of aromatic nitrogens is 1. The number of nitrogens with zero attached hydrogens (tertiary/aromatic N) is 1. The summed E-state index contributed by atoms with van der Waals surface area (Å²) in [6.07, 6.45) is 1.74. The minimum Gasteiger partial charge on any atom is -0.311 e. The summed E-state index contributed by atoms with van der Waals surface area (Å²) in [4.78, 5) is 12.4. The summed E-state index contributed by atoms with van der Waals surface area (Å²) in [5, 5.41) is 1.55. The zero-order valence-electron chi connectivity index (χ0n) is 10.5. The van der Waals surface area contributed by atoms with Gasteiger partial charge in [-0.3, -0.25) is 4.79 Å². The van der Waals surface area contributed by atoms with Crippen molar-refractivity contribution in [3.8, 4) is 0 Å². The Bertz CT molecular complexity index is 841. The summed E-state index contributed by atoms with van der Waals surface area (Å²) in [6.45, 7) is 0.364. The van der Waals surface area contributed by atoms with E-state index < -0.39 is 0 Å². The molecule has 0 aliphatic carbocycles. The molecule has 20 heavy (non-hydrogen) atoms. The van der Waals surface area contributed by atoms with Gasteiger partial charge in [0.1, 0.15) is 5.82 Å². The van der Waals surface area contributed by atoms with Gasteiger partial charge in [-0.25, -0.2) is 4.39 Å². The molecule has 2 aromatic carbocycles. The van der Waals surface area contributed by atoms with Gasteiger partial charge < -0.3 is 4.57 Å². The van der Waals surface area contributed by atoms with Crippen molar-refractivity contribution in [3.05, 3.63) is 80.9 Å². The van der Waals surface area contributed by atoms with E-state index in [4.69, 9.17) is 0 Å². The van der Waals surface area contributed by atoms with Gasteiger partial charge in [-0.2, -0.15) is 0 Å². The normalized spacial score (nSPS) is 10.9. The lowest BCUT2D eigenvalue weighted by Gasteiger charge is -2.08. The van der Waals surface area contributed by atoms with Gasteiger partial charge in [-0.05, 0) is 47.3 Å². The summed E-state index contributed by atoms with van der Waals surface area (Å²) in [5.41, 5.74) is 0.697. The number of pyridine rings is 1. The first kappa shape index (κ1) is 13.1. The lowest BCUT2D eigenvalue weighted by atomic mass is 10.1. The van der Waals surface area contributed by atoms with Crippen LogP contribution in [0.25, 0.3) is 10.8 Å². The molecule has 3 aromatic rings. The zero-order chi connectivity index (χ0) is 14.1. The standard InChI is InChI=1S/C16H11BrFNO/c17-13-4-5-15-12(9-13)6-7-19(16(15)20)10-11-2-1-3-14(18)8-11/h1-9H,10H2. The van der Waals surface area contributed by atoms with Crippen molar-refractivity contribution in [2.75, 3.05) is 0 Å². The maximum absolute atomic E-state index is 13.2. The molecule has 0 saturated heterocycles. The summed E-state index contributed by atoms with van der Waals surface area (Å²) in [5.74, 6) is -0.291. The predicted octanol–water partition coefficient (Wildman–Crippen LogP) is 3.95. The fourth-order valence-electron chi connectivity index (χ4n) is 2.22. The Morgan fingerprint density at radius 3 is 2.75 bits per heavy atom. The molecule has 0 aliphatic rings. The van der Waals surface area contributed by atoms with Gasteiger partial charge >= 0.3 is 0 Å². The van der Waals surface area contributed by atoms with E-state index in [2.05, 4.69) is 15.9 Å². The summed E-state index contributed by atoms with van der Waals surface area (Å²) >= 11 is 3.39. The van der Waals surface area contributed by atoms with Gasteiger partial charge in [0, 0.05) is 16.1 Å². The van der Waals surface area contributed by atoms with Crippen LogP contribution in [-0.2, 0) is 6.54 Å². The number of fused-ring (bicyclic) bond motifs is 1. The molecule has 0 fully saturated rings. The Labute approximate surface area is 123 Å². The van der Waals surface area contributed by atoms with E-state index in [1.165, 1.54) is 12.1 Å². The van der Waals surface area contributed by atoms with Crippen molar-refractivity contribution in [1.82, 2.24) is 4.57 Å². The van der Waals surface area contributed by atoms with Crippen LogP contribution in [-0.4, -0.2) is 4.57 Å². The van der Waals surface area contributed by atoms with Crippen LogP contribution in [0.3, 0.4) is 0 Å². The van der Waals surface area contributed by atoms with Crippen LogP contribution in [0.1, 0.15) is 5.56 Å². The van der Waals surface area contributed by atoms with Crippen molar-refractivity contribution < 1.29 is 4.39 Å². The average Bonchev–Trinajstić information content (AvgIpc) is 2.42. The molecule has 0 aliphatic heterocycles. The van der Waals surface area contributed by atoms with E-state index >= 15 is 0 Å². The van der Waals surface area contributed by atoms with Crippen LogP contribution in [0.2, 0.25) is 0 Å². The lowest BCUT2D eigenvalue weighted by Crippen LogP contribution is -2.20. The van der Waals surface area contributed by atoms with Crippen LogP contribution < -0.4 is 5.56 Å². The first-order chi connectivity index (χ1) is 9.63. The highest BCUT2D eigenvalue weighted by Gasteiger charge is 2.04. The van der Waals surface area contributed by atoms with E-state index in [1.54, 1.807) is 29.0 Å². The predicted molar refractivity (Wildman–Crippen MR) is 81.4 cm³/mol. The molecule has 3 rings (SSSR count). The molecule has 0 radical (unpaired) electrons. The fraction of sp³-hybridized carbons (Fsp3) is 0.0625. The lowest BCUT2D eigenvalue weighted by molar-refractivity contribution is 0.623. The first-order valence-corrected chi connectivity index (χ1v) is 6.96. The first-order valence-electron chi connectivity index (χ1n) is 6.17. The Morgan fingerprint density at radius 2 is 1.95 bits per heavy atom. The monoisotopic (exact) mass is 331 g/mol. The molecule has 0 spiro atoms. The second-order valence-corrected chi connectivity index (χ2v) is 5.53. The van der Waals surface area contributed by atoms with E-state index in [9.17, 15) is 9.18 Å². The number of halogens is 2. The van der Waals surface area contributed by atoms with Gasteiger partial charge in [0.25, 0.3) is 5.56 Å². The van der Waals surface area contributed by atoms with Crippen molar-refractivity contribution in [3.63, 3.8) is 0 Å². The van der Waals surface area contributed by atoms with E-state index in [1.807, 2.05) is 18.2 Å². The molecule has 4 heteroatoms. The van der Waals surface area contributed by atoms with Crippen LogP contribution in [0.5, 0.6) is 0 Å². The number of benzene rings is 2. The highest BCUT2D eigenvalue weighted by atomic mass is 79.9. The molecule has 1 aromatic heterocycles. The van der Waals surface area contributed by atoms with Gasteiger partial charge in [0.05, 0.1) is 6.54 Å². The van der Waals surface area contributed by atoms with Crippen molar-refractivity contribution in [2.45, 2.75) is 6.54 Å². The second kappa shape index (κ2) is 5.21. The molecule has 2 nitrogen and oxygen atoms in total. The molecule has 0 N–H and O–H groups in total. The summed E-state index contributed by atoms with van der Waals surface area (Å²) in [6, 6.07) is 13.7. The summed E-state index contributed by atoms with van der Waals surface area (Å²) in [7, 11) is 0. The molecule has 1 heterocycles. The Morgan fingerprint density at radius 1 is 1.10 bits per heavy atom. The minimum absolute atomic E-state index is 0.0701. The molecular formula is C16H11BrFNO. The number of hydrogen-bond acceptors (Lipinski definition) is 1. The third-order valence-corrected chi connectivity index (χ3v) is 3.67. The van der Waals surface area contributed by atoms with Crippen LogP contribution in [0.4, 0.5) is 4.39 Å². The SMILES string of the molecule is O=c1c2ccc(Br)cc2ccn1Cc1cccc(F)c1. The summed E-state index contributed by atoms with van der Waals surface area (Å²) < 4.78 is 15.7. The largest absolute Gasteiger partial charge is 0.311 e. The molecule has 0 saturated carbocycles. The van der Waals surface area contributed by atoms with E-state index in [0.717, 1.165) is 15.4 Å². The highest BCUT2D eigenvalue weighted by Crippen LogP contribution is 2.17. The van der Waals surface area contributed by atoms with Gasteiger partial charge in [0.2, 0.25) is 0 Å². The molecular weight excluding hydrogens is 321 g/mol. The fourth-order valence-corrected chi connectivity index (χ4v) is 2.59. The number of rotatable bonds is 2. The van der Waals surface area contributed by atoms with Crippen LogP contribution in [0.15, 0.2) is 64.0 Å². The van der Waals surface area contributed by atoms with E-state index in [0.29, 0.717) is 11.9 Å². The maximum Gasteiger partial charge on any atom is 0.258 e. The van der Waals surface area contributed by atoms with Crippen LogP contribution in [0, 0.1) is 5.82 Å². The number of hydrogen-bond donors (Lipinski definition) is 0. The Hall–Kier alpha value is -1.94. The highest BCUT2D eigenvalue weighted by molar-refractivity contribution is 9.10. The van der Waals surface area contributed by atoms with Crippen molar-refractivity contribution in [1.29, 1.82) is 0 Å². The second-order valence-electron chi connectivity index (χ2n) is 4.61. The maximum atomic E-state index is 13.2. The molecule has 100 valence electrons. The molecule has 0 bridgehead atoms. The van der Waals surface area contributed by atoms with Gasteiger partial charge in [-0.15, -0.1) is 0 Å². The van der Waals surface area contributed by atoms with Gasteiger partial charge in [-0.1, -0.05) is 28.1 Å². The topological polar surface area (TPSA) is 22.0 Å². The quantitative estimate of drug-likeness (QED) is 0.696. The Balaban J connectivity index is 2.07. The van der Waals surface area contributed by atoms with Crippen molar-refractivity contribution >= 4 is 26.7 Å². The molecule has 0 unspecified atom stereocenters. The third-order valence-electron chi connectivity index (χ3n) is 3.18. The zero-order valence-corrected chi connectivity index (χ0v) is 12.1. The molecule has 0 atom stereocenters. The Kier molecular flexibility index (Phi) is 3.40.